The minimum atomic E-state index is -0.503. The Hall–Kier alpha value is -1.59. The van der Waals surface area contributed by atoms with E-state index >= 15 is 0 Å². The lowest BCUT2D eigenvalue weighted by atomic mass is 10.2. The fourth-order valence-electron chi connectivity index (χ4n) is 1.66. The molecule has 4 nitrogen and oxygen atoms in total. The van der Waals surface area contributed by atoms with Gasteiger partial charge in [0.05, 0.1) is 5.52 Å². The maximum atomic E-state index is 11.6. The van der Waals surface area contributed by atoms with Gasteiger partial charge in [0, 0.05) is 15.1 Å². The first-order chi connectivity index (χ1) is 7.65. The number of rotatable bonds is 0. The molecule has 0 saturated heterocycles. The lowest BCUT2D eigenvalue weighted by Crippen LogP contribution is -2.20. The van der Waals surface area contributed by atoms with Gasteiger partial charge >= 0.3 is 5.69 Å². The number of hydrogen-bond donors (Lipinski definition) is 2. The highest BCUT2D eigenvalue weighted by Crippen LogP contribution is 2.31. The molecule has 0 aliphatic rings. The summed E-state index contributed by atoms with van der Waals surface area (Å²) in [6.45, 7) is 0. The van der Waals surface area contributed by atoms with Crippen LogP contribution in [0, 0.1) is 0 Å². The Morgan fingerprint density at radius 1 is 1.19 bits per heavy atom. The molecule has 0 spiro atoms. The van der Waals surface area contributed by atoms with Gasteiger partial charge in [-0.05, 0) is 18.2 Å². The van der Waals surface area contributed by atoms with Crippen LogP contribution in [0.3, 0.4) is 0 Å². The van der Waals surface area contributed by atoms with E-state index in [1.807, 2.05) is 6.07 Å². The highest BCUT2D eigenvalue weighted by molar-refractivity contribution is 7.25. The number of aromatic amines is 2. The van der Waals surface area contributed by atoms with E-state index in [2.05, 4.69) is 9.97 Å². The Labute approximate surface area is 97.5 Å². The third-order valence-corrected chi connectivity index (χ3v) is 3.73. The average molecular weight is 253 g/mol. The summed E-state index contributed by atoms with van der Waals surface area (Å²) >= 11 is 7.22. The molecule has 0 amide bonds. The molecule has 0 radical (unpaired) electrons. The summed E-state index contributed by atoms with van der Waals surface area (Å²) in [4.78, 5) is 27.6. The molecule has 2 aromatic heterocycles. The van der Waals surface area contributed by atoms with Gasteiger partial charge in [-0.1, -0.05) is 11.6 Å². The first-order valence-electron chi connectivity index (χ1n) is 4.49. The molecule has 6 heteroatoms. The number of benzene rings is 1. The molecule has 0 aliphatic carbocycles. The van der Waals surface area contributed by atoms with Gasteiger partial charge in [-0.15, -0.1) is 11.3 Å². The van der Waals surface area contributed by atoms with Crippen molar-refractivity contribution in [2.75, 3.05) is 0 Å². The van der Waals surface area contributed by atoms with Crippen LogP contribution in [0.4, 0.5) is 0 Å². The number of hydrogen-bond acceptors (Lipinski definition) is 3. The molecule has 0 saturated carbocycles. The van der Waals surface area contributed by atoms with Crippen LogP contribution in [-0.4, -0.2) is 9.97 Å². The summed E-state index contributed by atoms with van der Waals surface area (Å²) < 4.78 is 1.43. The van der Waals surface area contributed by atoms with Gasteiger partial charge in [-0.2, -0.15) is 0 Å². The van der Waals surface area contributed by atoms with Gasteiger partial charge in [0.1, 0.15) is 4.70 Å². The van der Waals surface area contributed by atoms with E-state index in [1.54, 1.807) is 12.1 Å². The van der Waals surface area contributed by atoms with Crippen LogP contribution < -0.4 is 11.2 Å². The smallest absolute Gasteiger partial charge is 0.305 e. The van der Waals surface area contributed by atoms with Crippen LogP contribution in [0.1, 0.15) is 0 Å². The molecule has 16 heavy (non-hydrogen) atoms. The SMILES string of the molecule is O=c1[nH]c(=O)c2sc3ccc(Cl)cc3c2[nH]1. The third kappa shape index (κ3) is 1.29. The van der Waals surface area contributed by atoms with Gasteiger partial charge in [0.25, 0.3) is 5.56 Å². The summed E-state index contributed by atoms with van der Waals surface area (Å²) in [6, 6.07) is 5.33. The van der Waals surface area contributed by atoms with Crippen LogP contribution in [-0.2, 0) is 0 Å². The number of fused-ring (bicyclic) bond motifs is 3. The number of aromatic nitrogens is 2. The van der Waals surface area contributed by atoms with E-state index in [4.69, 9.17) is 11.6 Å². The maximum absolute atomic E-state index is 11.6. The van der Waals surface area contributed by atoms with Crippen molar-refractivity contribution in [2.45, 2.75) is 0 Å². The van der Waals surface area contributed by atoms with Gasteiger partial charge in [-0.25, -0.2) is 4.79 Å². The molecule has 2 N–H and O–H groups in total. The van der Waals surface area contributed by atoms with Gasteiger partial charge in [-0.3, -0.25) is 9.78 Å². The monoisotopic (exact) mass is 252 g/mol. The first kappa shape index (κ1) is 9.62. The second-order valence-corrected chi connectivity index (χ2v) is 4.84. The molecule has 2 heterocycles. The molecule has 1 aromatic carbocycles. The van der Waals surface area contributed by atoms with Crippen LogP contribution >= 0.6 is 22.9 Å². The standard InChI is InChI=1S/C10H5ClN2O2S/c11-4-1-2-6-5(3-4)7-8(16-6)9(14)13-10(15)12-7/h1-3H,(H2,12,13,14,15). The van der Waals surface area contributed by atoms with Gasteiger partial charge in [0.2, 0.25) is 0 Å². The van der Waals surface area contributed by atoms with E-state index < -0.39 is 5.69 Å². The largest absolute Gasteiger partial charge is 0.326 e. The zero-order valence-electron chi connectivity index (χ0n) is 7.83. The Bertz CT molecular complexity index is 815. The molecule has 3 rings (SSSR count). The van der Waals surface area contributed by atoms with Crippen molar-refractivity contribution in [1.29, 1.82) is 0 Å². The quantitative estimate of drug-likeness (QED) is 0.643. The van der Waals surface area contributed by atoms with Crippen LogP contribution in [0.15, 0.2) is 27.8 Å². The van der Waals surface area contributed by atoms with Crippen LogP contribution in [0.2, 0.25) is 5.02 Å². The molecule has 0 unspecified atom stereocenters. The molecule has 0 atom stereocenters. The van der Waals surface area contributed by atoms with E-state index in [0.29, 0.717) is 15.2 Å². The van der Waals surface area contributed by atoms with Crippen LogP contribution in [0.25, 0.3) is 20.3 Å². The zero-order valence-corrected chi connectivity index (χ0v) is 9.41. The molecular weight excluding hydrogens is 248 g/mol. The summed E-state index contributed by atoms with van der Waals surface area (Å²) in [5, 5.41) is 1.38. The van der Waals surface area contributed by atoms with Crippen molar-refractivity contribution in [3.63, 3.8) is 0 Å². The van der Waals surface area contributed by atoms with E-state index in [9.17, 15) is 9.59 Å². The van der Waals surface area contributed by atoms with Crippen molar-refractivity contribution in [3.05, 3.63) is 44.1 Å². The van der Waals surface area contributed by atoms with Crippen LogP contribution in [0.5, 0.6) is 0 Å². The lowest BCUT2D eigenvalue weighted by molar-refractivity contribution is 1.09. The van der Waals surface area contributed by atoms with Crippen molar-refractivity contribution in [1.82, 2.24) is 9.97 Å². The van der Waals surface area contributed by atoms with E-state index in [-0.39, 0.29) is 5.56 Å². The molecule has 3 aromatic rings. The molecular formula is C10H5ClN2O2S. The average Bonchev–Trinajstić information content (AvgIpc) is 2.57. The fourth-order valence-corrected chi connectivity index (χ4v) is 2.86. The van der Waals surface area contributed by atoms with Crippen molar-refractivity contribution in [3.8, 4) is 0 Å². The molecule has 0 aliphatic heterocycles. The van der Waals surface area contributed by atoms with Gasteiger partial charge in [0.15, 0.2) is 0 Å². The number of halogens is 1. The fraction of sp³-hybridized carbons (Fsp3) is 0. The second kappa shape index (κ2) is 3.20. The summed E-state index contributed by atoms with van der Waals surface area (Å²) in [5.74, 6) is 0. The Morgan fingerprint density at radius 2 is 2.00 bits per heavy atom. The lowest BCUT2D eigenvalue weighted by Gasteiger charge is -1.91. The summed E-state index contributed by atoms with van der Waals surface area (Å²) in [5.41, 5.74) is -0.315. The third-order valence-electron chi connectivity index (χ3n) is 2.32. The maximum Gasteiger partial charge on any atom is 0.326 e. The topological polar surface area (TPSA) is 65.7 Å². The number of nitrogens with one attached hydrogen (secondary N) is 2. The Morgan fingerprint density at radius 3 is 2.81 bits per heavy atom. The zero-order chi connectivity index (χ0) is 11.3. The van der Waals surface area contributed by atoms with E-state index in [1.165, 1.54) is 11.3 Å². The number of H-pyrrole nitrogens is 2. The normalized spacial score (nSPS) is 11.3. The summed E-state index contributed by atoms with van der Waals surface area (Å²) in [6.07, 6.45) is 0. The van der Waals surface area contributed by atoms with E-state index in [0.717, 1.165) is 10.1 Å². The van der Waals surface area contributed by atoms with Crippen molar-refractivity contribution < 1.29 is 0 Å². The minimum Gasteiger partial charge on any atom is -0.305 e. The van der Waals surface area contributed by atoms with Gasteiger partial charge < -0.3 is 4.98 Å². The van der Waals surface area contributed by atoms with Crippen molar-refractivity contribution in [2.24, 2.45) is 0 Å². The van der Waals surface area contributed by atoms with Crippen molar-refractivity contribution >= 4 is 43.2 Å². The summed E-state index contributed by atoms with van der Waals surface area (Å²) in [7, 11) is 0. The molecule has 0 bridgehead atoms. The number of thiophene rings is 1. The Kier molecular flexibility index (Phi) is 1.92. The Balaban J connectivity index is 2.68. The molecule has 80 valence electrons. The predicted octanol–water partition coefficient (Wildman–Crippen LogP) is 2.08. The minimum absolute atomic E-state index is 0.365. The highest BCUT2D eigenvalue weighted by atomic mass is 35.5. The first-order valence-corrected chi connectivity index (χ1v) is 5.69. The second-order valence-electron chi connectivity index (χ2n) is 3.35. The highest BCUT2D eigenvalue weighted by Gasteiger charge is 2.09. The predicted molar refractivity (Wildman–Crippen MR) is 65.6 cm³/mol. The molecule has 0 fully saturated rings.